The van der Waals surface area contributed by atoms with Gasteiger partial charge in [-0.05, 0) is 49.4 Å². The van der Waals surface area contributed by atoms with Crippen LogP contribution in [0.4, 0.5) is 15.8 Å². The summed E-state index contributed by atoms with van der Waals surface area (Å²) < 4.78 is 38.3. The van der Waals surface area contributed by atoms with E-state index >= 15 is 0 Å². The molecule has 0 spiro atoms. The molecule has 0 aliphatic heterocycles. The molecule has 1 amide bonds. The van der Waals surface area contributed by atoms with Crippen molar-refractivity contribution in [3.05, 3.63) is 45.4 Å². The number of carbonyl (C=O) groups is 1. The van der Waals surface area contributed by atoms with Crippen LogP contribution < -0.4 is 10.0 Å². The summed E-state index contributed by atoms with van der Waals surface area (Å²) in [6.07, 6.45) is 5.06. The van der Waals surface area contributed by atoms with Gasteiger partial charge in [-0.25, -0.2) is 12.8 Å². The molecule has 8 heteroatoms. The summed E-state index contributed by atoms with van der Waals surface area (Å²) >= 11 is 1.59. The molecule has 2 aromatic rings. The molecule has 1 aliphatic carbocycles. The first-order chi connectivity index (χ1) is 11.3. The van der Waals surface area contributed by atoms with Crippen LogP contribution in [0, 0.1) is 5.82 Å². The standard InChI is InChI=1S/C16H17FN2O3S2/c1-24(21,22)19-14-8-10(6-7-13(14)17)18-16(20)12-9-23-15-5-3-2-4-11(12)15/h6-9,19H,2-5H2,1H3,(H,18,20). The minimum absolute atomic E-state index is 0.192. The molecule has 1 heterocycles. The summed E-state index contributed by atoms with van der Waals surface area (Å²) in [6, 6.07) is 3.79. The number of rotatable bonds is 4. The fraction of sp³-hybridized carbons (Fsp3) is 0.312. The minimum Gasteiger partial charge on any atom is -0.322 e. The van der Waals surface area contributed by atoms with Gasteiger partial charge in [0.1, 0.15) is 5.82 Å². The van der Waals surface area contributed by atoms with Crippen LogP contribution >= 0.6 is 11.3 Å². The molecule has 0 atom stereocenters. The van der Waals surface area contributed by atoms with E-state index in [4.69, 9.17) is 0 Å². The van der Waals surface area contributed by atoms with Crippen LogP contribution in [0.3, 0.4) is 0 Å². The Morgan fingerprint density at radius 2 is 2.00 bits per heavy atom. The number of benzene rings is 1. The van der Waals surface area contributed by atoms with Gasteiger partial charge in [0.15, 0.2) is 0 Å². The number of fused-ring (bicyclic) bond motifs is 1. The molecular weight excluding hydrogens is 351 g/mol. The van der Waals surface area contributed by atoms with Crippen molar-refractivity contribution in [2.45, 2.75) is 25.7 Å². The number of aryl methyl sites for hydroxylation is 1. The summed E-state index contributed by atoms with van der Waals surface area (Å²) in [6.45, 7) is 0. The number of hydrogen-bond acceptors (Lipinski definition) is 4. The lowest BCUT2D eigenvalue weighted by Crippen LogP contribution is -2.15. The maximum atomic E-state index is 13.7. The van der Waals surface area contributed by atoms with Crippen molar-refractivity contribution in [1.29, 1.82) is 0 Å². The van der Waals surface area contributed by atoms with Gasteiger partial charge in [-0.3, -0.25) is 9.52 Å². The summed E-state index contributed by atoms with van der Waals surface area (Å²) in [5.41, 5.74) is 1.89. The van der Waals surface area contributed by atoms with Crippen molar-refractivity contribution in [3.8, 4) is 0 Å². The van der Waals surface area contributed by atoms with Gasteiger partial charge in [0, 0.05) is 15.9 Å². The van der Waals surface area contributed by atoms with Gasteiger partial charge in [0.05, 0.1) is 17.5 Å². The van der Waals surface area contributed by atoms with Crippen LogP contribution in [0.15, 0.2) is 23.6 Å². The lowest BCUT2D eigenvalue weighted by Gasteiger charge is -2.13. The van der Waals surface area contributed by atoms with E-state index in [1.165, 1.54) is 17.0 Å². The topological polar surface area (TPSA) is 75.3 Å². The average molecular weight is 368 g/mol. The molecule has 3 rings (SSSR count). The van der Waals surface area contributed by atoms with E-state index in [-0.39, 0.29) is 11.6 Å². The van der Waals surface area contributed by atoms with Gasteiger partial charge in [0.2, 0.25) is 10.0 Å². The van der Waals surface area contributed by atoms with Gasteiger partial charge in [-0.2, -0.15) is 0 Å². The monoisotopic (exact) mass is 368 g/mol. The molecule has 0 radical (unpaired) electrons. The maximum absolute atomic E-state index is 13.7. The Bertz CT molecular complexity index is 891. The summed E-state index contributed by atoms with van der Waals surface area (Å²) in [4.78, 5) is 13.7. The molecule has 0 fully saturated rings. The summed E-state index contributed by atoms with van der Waals surface area (Å²) in [5, 5.41) is 4.57. The zero-order chi connectivity index (χ0) is 17.3. The van der Waals surface area contributed by atoms with Gasteiger partial charge >= 0.3 is 0 Å². The Morgan fingerprint density at radius 3 is 2.75 bits per heavy atom. The van der Waals surface area contributed by atoms with E-state index in [1.807, 2.05) is 5.38 Å². The third kappa shape index (κ3) is 3.76. The van der Waals surface area contributed by atoms with Gasteiger partial charge in [-0.1, -0.05) is 0 Å². The predicted octanol–water partition coefficient (Wildman–Crippen LogP) is 3.39. The van der Waals surface area contributed by atoms with Crippen molar-refractivity contribution in [3.63, 3.8) is 0 Å². The molecule has 1 aromatic carbocycles. The van der Waals surface area contributed by atoms with Gasteiger partial charge in [-0.15, -0.1) is 11.3 Å². The maximum Gasteiger partial charge on any atom is 0.256 e. The highest BCUT2D eigenvalue weighted by molar-refractivity contribution is 7.92. The average Bonchev–Trinajstić information content (AvgIpc) is 2.93. The molecule has 0 saturated heterocycles. The zero-order valence-corrected chi connectivity index (χ0v) is 14.7. The largest absolute Gasteiger partial charge is 0.322 e. The Kier molecular flexibility index (Phi) is 4.60. The lowest BCUT2D eigenvalue weighted by atomic mass is 9.95. The van der Waals surface area contributed by atoms with Crippen molar-refractivity contribution in [2.75, 3.05) is 16.3 Å². The molecular formula is C16H17FN2O3S2. The molecule has 1 aromatic heterocycles. The van der Waals surface area contributed by atoms with Gasteiger partial charge in [0.25, 0.3) is 5.91 Å². The molecule has 0 unspecified atom stereocenters. The fourth-order valence-electron chi connectivity index (χ4n) is 2.76. The lowest BCUT2D eigenvalue weighted by molar-refractivity contribution is 0.102. The predicted molar refractivity (Wildman–Crippen MR) is 93.8 cm³/mol. The van der Waals surface area contributed by atoms with Crippen molar-refractivity contribution in [1.82, 2.24) is 0 Å². The Labute approximate surface area is 144 Å². The molecule has 128 valence electrons. The highest BCUT2D eigenvalue weighted by Crippen LogP contribution is 2.31. The number of amides is 1. The van der Waals surface area contributed by atoms with Crippen LogP contribution in [-0.4, -0.2) is 20.6 Å². The quantitative estimate of drug-likeness (QED) is 0.869. The third-order valence-corrected chi connectivity index (χ3v) is 5.50. The van der Waals surface area contributed by atoms with Crippen molar-refractivity contribution in [2.24, 2.45) is 0 Å². The molecule has 0 bridgehead atoms. The number of nitrogens with one attached hydrogen (secondary N) is 2. The first-order valence-electron chi connectivity index (χ1n) is 7.51. The van der Waals surface area contributed by atoms with E-state index in [9.17, 15) is 17.6 Å². The van der Waals surface area contributed by atoms with Gasteiger partial charge < -0.3 is 5.32 Å². The Hall–Kier alpha value is -1.93. The number of sulfonamides is 1. The van der Waals surface area contributed by atoms with E-state index in [0.717, 1.165) is 43.6 Å². The number of halogens is 1. The van der Waals surface area contributed by atoms with Crippen LogP contribution in [0.5, 0.6) is 0 Å². The third-order valence-electron chi connectivity index (χ3n) is 3.83. The van der Waals surface area contributed by atoms with Crippen molar-refractivity contribution >= 4 is 38.6 Å². The Morgan fingerprint density at radius 1 is 1.25 bits per heavy atom. The highest BCUT2D eigenvalue weighted by Gasteiger charge is 2.20. The zero-order valence-electron chi connectivity index (χ0n) is 13.1. The SMILES string of the molecule is CS(=O)(=O)Nc1cc(NC(=O)c2csc3c2CCCC3)ccc1F. The molecule has 0 saturated carbocycles. The Balaban J connectivity index is 1.82. The molecule has 24 heavy (non-hydrogen) atoms. The highest BCUT2D eigenvalue weighted by atomic mass is 32.2. The van der Waals surface area contributed by atoms with E-state index in [0.29, 0.717) is 11.3 Å². The number of thiophene rings is 1. The van der Waals surface area contributed by atoms with E-state index in [2.05, 4.69) is 10.0 Å². The second kappa shape index (κ2) is 6.52. The van der Waals surface area contributed by atoms with Crippen LogP contribution in [-0.2, 0) is 22.9 Å². The number of hydrogen-bond donors (Lipinski definition) is 2. The second-order valence-corrected chi connectivity index (χ2v) is 8.49. The number of carbonyl (C=O) groups excluding carboxylic acids is 1. The van der Waals surface area contributed by atoms with E-state index < -0.39 is 15.8 Å². The van der Waals surface area contributed by atoms with Crippen LogP contribution in [0.1, 0.15) is 33.6 Å². The summed E-state index contributed by atoms with van der Waals surface area (Å²) in [7, 11) is -3.60. The first kappa shape index (κ1) is 16.9. The normalized spacial score (nSPS) is 14.1. The van der Waals surface area contributed by atoms with Crippen LogP contribution in [0.25, 0.3) is 0 Å². The van der Waals surface area contributed by atoms with E-state index in [1.54, 1.807) is 11.3 Å². The first-order valence-corrected chi connectivity index (χ1v) is 10.3. The smallest absolute Gasteiger partial charge is 0.256 e. The fourth-order valence-corrected chi connectivity index (χ4v) is 4.45. The molecule has 1 aliphatic rings. The molecule has 2 N–H and O–H groups in total. The number of anilines is 2. The second-order valence-electron chi connectivity index (χ2n) is 5.78. The minimum atomic E-state index is -3.60. The van der Waals surface area contributed by atoms with Crippen molar-refractivity contribution < 1.29 is 17.6 Å². The molecule has 5 nitrogen and oxygen atoms in total. The summed E-state index contributed by atoms with van der Waals surface area (Å²) in [5.74, 6) is -0.961. The van der Waals surface area contributed by atoms with Crippen LogP contribution in [0.2, 0.25) is 0 Å².